The molecule has 1 aliphatic carbocycles. The summed E-state index contributed by atoms with van der Waals surface area (Å²) in [5.74, 6) is 1.49. The van der Waals surface area contributed by atoms with Gasteiger partial charge in [-0.05, 0) is 38.2 Å². The average molecular weight is 299 g/mol. The molecular formula is C18H25N3O. The van der Waals surface area contributed by atoms with Crippen molar-refractivity contribution >= 4 is 5.96 Å². The summed E-state index contributed by atoms with van der Waals surface area (Å²) < 4.78 is 5.67. The van der Waals surface area contributed by atoms with Gasteiger partial charge >= 0.3 is 0 Å². The molecule has 4 heteroatoms. The maximum Gasteiger partial charge on any atom is 0.189 e. The Morgan fingerprint density at radius 1 is 1.32 bits per heavy atom. The number of rotatable bonds is 4. The predicted octanol–water partition coefficient (Wildman–Crippen LogP) is 3.31. The van der Waals surface area contributed by atoms with Crippen LogP contribution in [-0.2, 0) is 0 Å². The van der Waals surface area contributed by atoms with Gasteiger partial charge in [-0.25, -0.2) is 0 Å². The molecule has 0 aromatic heterocycles. The fourth-order valence-electron chi connectivity index (χ4n) is 3.17. The number of nitrogens with zero attached hydrogens (tertiary/aromatic N) is 1. The lowest BCUT2D eigenvalue weighted by Crippen LogP contribution is -2.37. The number of fused-ring (bicyclic) bond motifs is 1. The number of benzene rings is 1. The molecule has 1 aromatic carbocycles. The standard InChI is InChI=1S/C18H25N3O/c19-18(20-12-10-14-6-2-1-3-7-14)21-16-11-13-22-17-9-5-4-8-15(16)17/h4-6,8-9,16H,1-3,7,10-13H2,(H3,19,20,21). The van der Waals surface area contributed by atoms with Crippen LogP contribution in [0.4, 0.5) is 0 Å². The highest BCUT2D eigenvalue weighted by Gasteiger charge is 2.21. The first-order valence-corrected chi connectivity index (χ1v) is 8.29. The minimum absolute atomic E-state index is 0.197. The van der Waals surface area contributed by atoms with E-state index in [0.717, 1.165) is 31.7 Å². The fourth-order valence-corrected chi connectivity index (χ4v) is 3.17. The Kier molecular flexibility index (Phi) is 4.99. The van der Waals surface area contributed by atoms with Crippen LogP contribution in [0.1, 0.15) is 50.1 Å². The largest absolute Gasteiger partial charge is 0.493 e. The van der Waals surface area contributed by atoms with E-state index < -0.39 is 0 Å². The first-order valence-electron chi connectivity index (χ1n) is 8.29. The third kappa shape index (κ3) is 3.81. The molecule has 4 nitrogen and oxygen atoms in total. The van der Waals surface area contributed by atoms with Crippen LogP contribution < -0.4 is 15.8 Å². The van der Waals surface area contributed by atoms with Gasteiger partial charge in [-0.15, -0.1) is 0 Å². The molecular weight excluding hydrogens is 274 g/mol. The van der Waals surface area contributed by atoms with Crippen molar-refractivity contribution in [2.24, 2.45) is 10.7 Å². The number of allylic oxidation sites excluding steroid dienone is 1. The second-order valence-corrected chi connectivity index (χ2v) is 6.00. The van der Waals surface area contributed by atoms with Crippen molar-refractivity contribution in [2.75, 3.05) is 13.2 Å². The Bertz CT molecular complexity index is 565. The van der Waals surface area contributed by atoms with Gasteiger partial charge in [0.2, 0.25) is 0 Å². The number of hydrogen-bond donors (Lipinski definition) is 2. The number of nitrogens with two attached hydrogens (primary N) is 1. The summed E-state index contributed by atoms with van der Waals surface area (Å²) in [4.78, 5) is 4.49. The van der Waals surface area contributed by atoms with E-state index in [2.05, 4.69) is 22.5 Å². The highest BCUT2D eigenvalue weighted by atomic mass is 16.5. The summed E-state index contributed by atoms with van der Waals surface area (Å²) in [6, 6.07) is 8.32. The third-order valence-electron chi connectivity index (χ3n) is 4.38. The third-order valence-corrected chi connectivity index (χ3v) is 4.38. The van der Waals surface area contributed by atoms with Gasteiger partial charge in [0.25, 0.3) is 0 Å². The van der Waals surface area contributed by atoms with E-state index in [9.17, 15) is 0 Å². The summed E-state index contributed by atoms with van der Waals surface area (Å²) in [6.45, 7) is 1.49. The molecule has 0 spiro atoms. The summed E-state index contributed by atoms with van der Waals surface area (Å²) in [6.07, 6.45) is 9.44. The molecule has 1 aromatic rings. The van der Waals surface area contributed by atoms with Gasteiger partial charge in [0.1, 0.15) is 5.75 Å². The van der Waals surface area contributed by atoms with E-state index in [0.29, 0.717) is 5.96 Å². The summed E-state index contributed by atoms with van der Waals surface area (Å²) in [5.41, 5.74) is 8.77. The minimum Gasteiger partial charge on any atom is -0.493 e. The Hall–Kier alpha value is -1.97. The van der Waals surface area contributed by atoms with Gasteiger partial charge in [-0.2, -0.15) is 0 Å². The second kappa shape index (κ2) is 7.34. The van der Waals surface area contributed by atoms with Crippen molar-refractivity contribution in [3.05, 3.63) is 41.5 Å². The van der Waals surface area contributed by atoms with E-state index in [1.54, 1.807) is 5.57 Å². The molecule has 1 heterocycles. The van der Waals surface area contributed by atoms with Crippen LogP contribution in [0.3, 0.4) is 0 Å². The smallest absolute Gasteiger partial charge is 0.189 e. The number of ether oxygens (including phenoxy) is 1. The Balaban J connectivity index is 1.54. The van der Waals surface area contributed by atoms with E-state index in [1.165, 1.54) is 31.2 Å². The summed E-state index contributed by atoms with van der Waals surface area (Å²) in [7, 11) is 0. The van der Waals surface area contributed by atoms with E-state index in [4.69, 9.17) is 10.5 Å². The zero-order valence-corrected chi connectivity index (χ0v) is 13.1. The van der Waals surface area contributed by atoms with Crippen molar-refractivity contribution in [1.82, 2.24) is 5.32 Å². The maximum atomic E-state index is 6.06. The minimum atomic E-state index is 0.197. The average Bonchev–Trinajstić information content (AvgIpc) is 2.56. The predicted molar refractivity (Wildman–Crippen MR) is 90.1 cm³/mol. The number of aliphatic imine (C=N–C) groups is 1. The molecule has 1 unspecified atom stereocenters. The van der Waals surface area contributed by atoms with Crippen LogP contribution in [0.15, 0.2) is 40.9 Å². The molecule has 1 atom stereocenters. The molecule has 0 saturated carbocycles. The Morgan fingerprint density at radius 2 is 2.23 bits per heavy atom. The molecule has 0 radical (unpaired) electrons. The van der Waals surface area contributed by atoms with E-state index in [1.807, 2.05) is 18.2 Å². The van der Waals surface area contributed by atoms with Gasteiger partial charge in [-0.1, -0.05) is 29.8 Å². The van der Waals surface area contributed by atoms with Crippen LogP contribution in [-0.4, -0.2) is 19.1 Å². The zero-order chi connectivity index (χ0) is 15.2. The van der Waals surface area contributed by atoms with Crippen molar-refractivity contribution in [3.8, 4) is 5.75 Å². The molecule has 2 aliphatic rings. The van der Waals surface area contributed by atoms with Crippen molar-refractivity contribution < 1.29 is 4.74 Å². The highest BCUT2D eigenvalue weighted by Crippen LogP contribution is 2.31. The lowest BCUT2D eigenvalue weighted by molar-refractivity contribution is 0.262. The molecule has 118 valence electrons. The van der Waals surface area contributed by atoms with Gasteiger partial charge in [0, 0.05) is 18.5 Å². The van der Waals surface area contributed by atoms with Crippen LogP contribution in [0.5, 0.6) is 5.75 Å². The molecule has 0 amide bonds. The fraction of sp³-hybridized carbons (Fsp3) is 0.500. The quantitative estimate of drug-likeness (QED) is 0.509. The highest BCUT2D eigenvalue weighted by molar-refractivity contribution is 5.78. The molecule has 1 aliphatic heterocycles. The summed E-state index contributed by atoms with van der Waals surface area (Å²) in [5, 5.41) is 3.34. The van der Waals surface area contributed by atoms with Crippen LogP contribution in [0.25, 0.3) is 0 Å². The summed E-state index contributed by atoms with van der Waals surface area (Å²) >= 11 is 0. The molecule has 22 heavy (non-hydrogen) atoms. The molecule has 0 fully saturated rings. The van der Waals surface area contributed by atoms with Gasteiger partial charge < -0.3 is 15.8 Å². The van der Waals surface area contributed by atoms with Crippen LogP contribution in [0.2, 0.25) is 0 Å². The topological polar surface area (TPSA) is 59.6 Å². The first kappa shape index (κ1) is 14.9. The zero-order valence-electron chi connectivity index (χ0n) is 13.1. The van der Waals surface area contributed by atoms with Gasteiger partial charge in [0.15, 0.2) is 5.96 Å². The first-order chi connectivity index (χ1) is 10.8. The van der Waals surface area contributed by atoms with Crippen LogP contribution in [0, 0.1) is 0 Å². The second-order valence-electron chi connectivity index (χ2n) is 6.00. The maximum absolute atomic E-state index is 6.06. The number of guanidine groups is 1. The SMILES string of the molecule is NC(=NCCC1=CCCCC1)NC1CCOc2ccccc21. The lowest BCUT2D eigenvalue weighted by atomic mass is 9.97. The van der Waals surface area contributed by atoms with E-state index in [-0.39, 0.29) is 6.04 Å². The normalized spacial score (nSPS) is 21.5. The van der Waals surface area contributed by atoms with Crippen LogP contribution >= 0.6 is 0 Å². The molecule has 3 N–H and O–H groups in total. The number of nitrogens with one attached hydrogen (secondary N) is 1. The van der Waals surface area contributed by atoms with E-state index >= 15 is 0 Å². The molecule has 0 bridgehead atoms. The molecule has 3 rings (SSSR count). The Morgan fingerprint density at radius 3 is 3.09 bits per heavy atom. The Labute approximate surface area is 132 Å². The van der Waals surface area contributed by atoms with Gasteiger partial charge in [0.05, 0.1) is 12.6 Å². The monoisotopic (exact) mass is 299 g/mol. The van der Waals surface area contributed by atoms with Crippen molar-refractivity contribution in [1.29, 1.82) is 0 Å². The lowest BCUT2D eigenvalue weighted by Gasteiger charge is -2.27. The number of para-hydroxylation sites is 1. The van der Waals surface area contributed by atoms with Gasteiger partial charge in [-0.3, -0.25) is 4.99 Å². The molecule has 0 saturated heterocycles. The van der Waals surface area contributed by atoms with Crippen molar-refractivity contribution in [2.45, 2.75) is 44.6 Å². The van der Waals surface area contributed by atoms with Crippen molar-refractivity contribution in [3.63, 3.8) is 0 Å². The number of hydrogen-bond acceptors (Lipinski definition) is 2.